The molecule has 1 aromatic carbocycles. The number of nitrogens with one attached hydrogen (secondary N) is 1. The minimum atomic E-state index is -5.42. The SMILES string of the molecule is O=[N+]([O-])c1ccc(-c2cnc(CNS(=O)(=O)C(F)(F)F)s2)cc1. The number of benzene rings is 1. The number of nitro groups is 1. The normalized spacial score (nSPS) is 12.3. The molecule has 0 saturated heterocycles. The molecule has 0 unspecified atom stereocenters. The Balaban J connectivity index is 2.11. The third-order valence-electron chi connectivity index (χ3n) is 2.63. The second-order valence-corrected chi connectivity index (χ2v) is 7.07. The molecule has 0 radical (unpaired) electrons. The van der Waals surface area contributed by atoms with Gasteiger partial charge in [-0.3, -0.25) is 10.1 Å². The summed E-state index contributed by atoms with van der Waals surface area (Å²) in [6.45, 7) is -0.598. The molecule has 0 aliphatic heterocycles. The van der Waals surface area contributed by atoms with Crippen molar-refractivity contribution in [2.24, 2.45) is 0 Å². The molecule has 0 bridgehead atoms. The van der Waals surface area contributed by atoms with Crippen LogP contribution in [0.1, 0.15) is 5.01 Å². The molecule has 0 atom stereocenters. The molecule has 23 heavy (non-hydrogen) atoms. The van der Waals surface area contributed by atoms with Crippen molar-refractivity contribution in [2.75, 3.05) is 0 Å². The van der Waals surface area contributed by atoms with Crippen molar-refractivity contribution in [1.29, 1.82) is 0 Å². The van der Waals surface area contributed by atoms with Crippen molar-refractivity contribution in [3.05, 3.63) is 45.6 Å². The predicted octanol–water partition coefficient (Wildman–Crippen LogP) is 2.66. The first-order valence-corrected chi connectivity index (χ1v) is 8.15. The Bertz CT molecular complexity index is 816. The lowest BCUT2D eigenvalue weighted by atomic mass is 10.2. The van der Waals surface area contributed by atoms with E-state index < -0.39 is 27.0 Å². The van der Waals surface area contributed by atoms with E-state index in [-0.39, 0.29) is 10.7 Å². The monoisotopic (exact) mass is 367 g/mol. The number of sulfonamides is 1. The molecular weight excluding hydrogens is 359 g/mol. The van der Waals surface area contributed by atoms with Crippen LogP contribution in [0, 0.1) is 10.1 Å². The van der Waals surface area contributed by atoms with Gasteiger partial charge in [0.05, 0.1) is 16.3 Å². The number of hydrogen-bond acceptors (Lipinski definition) is 6. The van der Waals surface area contributed by atoms with Crippen LogP contribution < -0.4 is 4.72 Å². The average molecular weight is 367 g/mol. The van der Waals surface area contributed by atoms with E-state index >= 15 is 0 Å². The van der Waals surface area contributed by atoms with Gasteiger partial charge in [-0.15, -0.1) is 11.3 Å². The first kappa shape index (κ1) is 17.3. The fourth-order valence-corrected chi connectivity index (χ4v) is 2.96. The summed E-state index contributed by atoms with van der Waals surface area (Å²) in [5, 5.41) is 10.7. The highest BCUT2D eigenvalue weighted by molar-refractivity contribution is 7.90. The summed E-state index contributed by atoms with van der Waals surface area (Å²) in [5.41, 5.74) is -4.90. The van der Waals surface area contributed by atoms with Crippen molar-refractivity contribution in [1.82, 2.24) is 9.71 Å². The van der Waals surface area contributed by atoms with Crippen LogP contribution in [0.3, 0.4) is 0 Å². The lowest BCUT2D eigenvalue weighted by Gasteiger charge is -2.07. The molecular formula is C11H8F3N3O4S2. The maximum atomic E-state index is 12.2. The highest BCUT2D eigenvalue weighted by Gasteiger charge is 2.45. The third-order valence-corrected chi connectivity index (χ3v) is 4.81. The van der Waals surface area contributed by atoms with Crippen molar-refractivity contribution in [3.63, 3.8) is 0 Å². The number of hydrogen-bond donors (Lipinski definition) is 1. The molecule has 0 amide bonds. The number of halogens is 3. The first-order valence-electron chi connectivity index (χ1n) is 5.85. The van der Waals surface area contributed by atoms with E-state index in [0.717, 1.165) is 11.3 Å². The van der Waals surface area contributed by atoms with Crippen molar-refractivity contribution < 1.29 is 26.5 Å². The van der Waals surface area contributed by atoms with Gasteiger partial charge in [-0.25, -0.2) is 18.1 Å². The zero-order chi connectivity index (χ0) is 17.3. The molecule has 2 rings (SSSR count). The molecule has 1 aromatic heterocycles. The molecule has 0 aliphatic carbocycles. The van der Waals surface area contributed by atoms with Crippen molar-refractivity contribution >= 4 is 27.0 Å². The van der Waals surface area contributed by atoms with E-state index in [1.807, 2.05) is 0 Å². The zero-order valence-corrected chi connectivity index (χ0v) is 12.7. The van der Waals surface area contributed by atoms with E-state index in [9.17, 15) is 31.7 Å². The molecule has 0 saturated carbocycles. The second kappa shape index (κ2) is 6.22. The summed E-state index contributed by atoms with van der Waals surface area (Å²) in [5.74, 6) is 0. The molecule has 7 nitrogen and oxygen atoms in total. The van der Waals surface area contributed by atoms with Gasteiger partial charge in [0.25, 0.3) is 5.69 Å². The Kier molecular flexibility index (Phi) is 4.68. The maximum Gasteiger partial charge on any atom is 0.511 e. The number of alkyl halides is 3. The molecule has 0 fully saturated rings. The Morgan fingerprint density at radius 2 is 1.87 bits per heavy atom. The lowest BCUT2D eigenvalue weighted by molar-refractivity contribution is -0.384. The van der Waals surface area contributed by atoms with Crippen LogP contribution in [-0.4, -0.2) is 23.8 Å². The smallest absolute Gasteiger partial charge is 0.258 e. The van der Waals surface area contributed by atoms with Crippen molar-refractivity contribution in [2.45, 2.75) is 12.1 Å². The minimum absolute atomic E-state index is 0.101. The van der Waals surface area contributed by atoms with Crippen LogP contribution in [0.2, 0.25) is 0 Å². The molecule has 1 N–H and O–H groups in total. The Hall–Kier alpha value is -2.05. The number of nitrogens with zero attached hydrogens (tertiary/aromatic N) is 2. The summed E-state index contributed by atoms with van der Waals surface area (Å²) in [4.78, 5) is 14.4. The van der Waals surface area contributed by atoms with Gasteiger partial charge in [0.15, 0.2) is 0 Å². The molecule has 1 heterocycles. The average Bonchev–Trinajstić information content (AvgIpc) is 2.93. The standard InChI is InChI=1S/C11H8F3N3O4S2/c12-11(13,14)23(20,21)16-6-10-15-5-9(22-10)7-1-3-8(4-2-7)17(18)19/h1-5,16H,6H2. The summed E-state index contributed by atoms with van der Waals surface area (Å²) < 4.78 is 59.7. The summed E-state index contributed by atoms with van der Waals surface area (Å²) in [6, 6.07) is 5.49. The zero-order valence-electron chi connectivity index (χ0n) is 11.1. The third kappa shape index (κ3) is 4.03. The lowest BCUT2D eigenvalue weighted by Crippen LogP contribution is -2.35. The van der Waals surface area contributed by atoms with E-state index in [1.54, 1.807) is 0 Å². The van der Waals surface area contributed by atoms with Gasteiger partial charge < -0.3 is 0 Å². The number of thiazole rings is 1. The van der Waals surface area contributed by atoms with E-state index in [1.165, 1.54) is 35.2 Å². The number of aromatic nitrogens is 1. The van der Waals surface area contributed by atoms with Gasteiger partial charge in [-0.05, 0) is 17.7 Å². The van der Waals surface area contributed by atoms with Gasteiger partial charge in [-0.2, -0.15) is 13.2 Å². The Morgan fingerprint density at radius 3 is 2.39 bits per heavy atom. The van der Waals surface area contributed by atoms with E-state index in [0.29, 0.717) is 10.4 Å². The molecule has 12 heteroatoms. The quantitative estimate of drug-likeness (QED) is 0.646. The van der Waals surface area contributed by atoms with E-state index in [4.69, 9.17) is 0 Å². The second-order valence-electron chi connectivity index (χ2n) is 4.19. The van der Waals surface area contributed by atoms with Crippen LogP contribution in [-0.2, 0) is 16.6 Å². The molecule has 124 valence electrons. The van der Waals surface area contributed by atoms with Gasteiger partial charge in [0, 0.05) is 18.3 Å². The van der Waals surface area contributed by atoms with Gasteiger partial charge in [0.1, 0.15) is 5.01 Å². The fraction of sp³-hybridized carbons (Fsp3) is 0.182. The van der Waals surface area contributed by atoms with Crippen LogP contribution in [0.4, 0.5) is 18.9 Å². The molecule has 0 aliphatic rings. The Labute approximate surface area is 132 Å². The number of rotatable bonds is 5. The van der Waals surface area contributed by atoms with Gasteiger partial charge in [0.2, 0.25) is 0 Å². The van der Waals surface area contributed by atoms with Crippen LogP contribution in [0.25, 0.3) is 10.4 Å². The number of non-ortho nitro benzene ring substituents is 1. The van der Waals surface area contributed by atoms with Crippen LogP contribution in [0.15, 0.2) is 30.5 Å². The van der Waals surface area contributed by atoms with Gasteiger partial charge in [-0.1, -0.05) is 0 Å². The van der Waals surface area contributed by atoms with E-state index in [2.05, 4.69) is 4.98 Å². The Morgan fingerprint density at radius 1 is 1.26 bits per heavy atom. The summed E-state index contributed by atoms with van der Waals surface area (Å²) in [6.07, 6.45) is 1.35. The maximum absolute atomic E-state index is 12.2. The number of nitro benzene ring substituents is 1. The molecule has 2 aromatic rings. The van der Waals surface area contributed by atoms with Gasteiger partial charge >= 0.3 is 15.5 Å². The van der Waals surface area contributed by atoms with Crippen LogP contribution >= 0.6 is 11.3 Å². The highest BCUT2D eigenvalue weighted by Crippen LogP contribution is 2.28. The minimum Gasteiger partial charge on any atom is -0.258 e. The first-order chi connectivity index (χ1) is 10.6. The van der Waals surface area contributed by atoms with Crippen LogP contribution in [0.5, 0.6) is 0 Å². The summed E-state index contributed by atoms with van der Waals surface area (Å²) in [7, 11) is -5.42. The molecule has 0 spiro atoms. The topological polar surface area (TPSA) is 102 Å². The fourth-order valence-electron chi connectivity index (χ4n) is 1.51. The van der Waals surface area contributed by atoms with Crippen molar-refractivity contribution in [3.8, 4) is 10.4 Å². The largest absolute Gasteiger partial charge is 0.511 e. The highest BCUT2D eigenvalue weighted by atomic mass is 32.2. The summed E-state index contributed by atoms with van der Waals surface area (Å²) >= 11 is 0.976. The predicted molar refractivity (Wildman–Crippen MR) is 76.0 cm³/mol.